The summed E-state index contributed by atoms with van der Waals surface area (Å²) in [6.07, 6.45) is 9.31. The fourth-order valence-corrected chi connectivity index (χ4v) is 5.15. The summed E-state index contributed by atoms with van der Waals surface area (Å²) in [5, 5.41) is 0. The van der Waals surface area contributed by atoms with Gasteiger partial charge in [0.25, 0.3) is 0 Å². The molecule has 0 heterocycles. The minimum Gasteiger partial charge on any atom is -0.414 e. The van der Waals surface area contributed by atoms with Gasteiger partial charge in [-0.25, -0.2) is 0 Å². The van der Waals surface area contributed by atoms with Gasteiger partial charge in [-0.15, -0.1) is 0 Å². The van der Waals surface area contributed by atoms with E-state index in [4.69, 9.17) is 9.16 Å². The minimum absolute atomic E-state index is 0.258. The average molecular weight is 282 g/mol. The maximum absolute atomic E-state index is 6.57. The summed E-state index contributed by atoms with van der Waals surface area (Å²) in [7, 11) is 0.343. The largest absolute Gasteiger partial charge is 0.414 e. The molecule has 2 unspecified atom stereocenters. The van der Waals surface area contributed by atoms with E-state index in [9.17, 15) is 0 Å². The molecule has 2 rings (SSSR count). The van der Waals surface area contributed by atoms with Gasteiger partial charge in [-0.1, -0.05) is 31.4 Å². The monoisotopic (exact) mass is 282 g/mol. The number of ether oxygens (including phenoxy) is 1. The highest BCUT2D eigenvalue weighted by molar-refractivity contribution is 6.69. The normalized spacial score (nSPS) is 31.7. The summed E-state index contributed by atoms with van der Waals surface area (Å²) >= 11 is 0. The lowest BCUT2D eigenvalue weighted by Crippen LogP contribution is -2.54. The molecule has 0 aliphatic heterocycles. The first-order valence-electron chi connectivity index (χ1n) is 7.75. The molecule has 0 saturated heterocycles. The predicted octanol–water partition coefficient (Wildman–Crippen LogP) is 4.52. The Bertz CT molecular complexity index is 326. The Morgan fingerprint density at radius 2 is 1.63 bits per heavy atom. The van der Waals surface area contributed by atoms with Gasteiger partial charge in [0, 0.05) is 12.5 Å². The molecule has 110 valence electrons. The fraction of sp³-hybridized carbons (Fsp3) is 0.875. The molecule has 0 aromatic carbocycles. The van der Waals surface area contributed by atoms with Gasteiger partial charge in [-0.3, -0.25) is 0 Å². The lowest BCUT2D eigenvalue weighted by atomic mass is 9.61. The van der Waals surface area contributed by atoms with Crippen LogP contribution in [0.15, 0.2) is 12.2 Å². The second-order valence-corrected chi connectivity index (χ2v) is 11.9. The highest BCUT2D eigenvalue weighted by Gasteiger charge is 2.50. The van der Waals surface area contributed by atoms with Crippen LogP contribution in [0.4, 0.5) is 0 Å². The van der Waals surface area contributed by atoms with E-state index in [1.165, 1.54) is 37.7 Å². The summed E-state index contributed by atoms with van der Waals surface area (Å²) in [5.74, 6) is 0. The number of hydrogen-bond acceptors (Lipinski definition) is 2. The van der Waals surface area contributed by atoms with Gasteiger partial charge in [-0.05, 0) is 45.3 Å². The summed E-state index contributed by atoms with van der Waals surface area (Å²) in [5.41, 5.74) is 1.57. The molecule has 0 amide bonds. The Hall–Kier alpha value is -0.123. The van der Waals surface area contributed by atoms with Crippen molar-refractivity contribution in [3.63, 3.8) is 0 Å². The van der Waals surface area contributed by atoms with Crippen LogP contribution in [-0.4, -0.2) is 27.6 Å². The van der Waals surface area contributed by atoms with E-state index in [0.717, 1.165) is 12.8 Å². The first-order valence-corrected chi connectivity index (χ1v) is 11.2. The molecular weight excluding hydrogens is 252 g/mol. The molecule has 1 spiro atoms. The molecule has 2 nitrogen and oxygen atoms in total. The lowest BCUT2D eigenvalue weighted by Gasteiger charge is -2.53. The highest BCUT2D eigenvalue weighted by atomic mass is 28.4. The Kier molecular flexibility index (Phi) is 4.58. The fourth-order valence-electron chi connectivity index (χ4n) is 3.98. The second-order valence-electron chi connectivity index (χ2n) is 7.40. The molecule has 2 aliphatic rings. The zero-order valence-corrected chi connectivity index (χ0v) is 14.1. The molecule has 2 aliphatic carbocycles. The quantitative estimate of drug-likeness (QED) is 0.559. The van der Waals surface area contributed by atoms with Crippen molar-refractivity contribution in [3.05, 3.63) is 12.2 Å². The van der Waals surface area contributed by atoms with Crippen LogP contribution in [0.1, 0.15) is 44.9 Å². The lowest BCUT2D eigenvalue weighted by molar-refractivity contribution is -0.114. The number of hydrogen-bond donors (Lipinski definition) is 0. The van der Waals surface area contributed by atoms with Crippen molar-refractivity contribution in [1.82, 2.24) is 0 Å². The third-order valence-corrected chi connectivity index (χ3v) is 5.79. The van der Waals surface area contributed by atoms with Crippen LogP contribution in [0.2, 0.25) is 19.6 Å². The number of methoxy groups -OCH3 is 1. The van der Waals surface area contributed by atoms with Crippen LogP contribution in [0.3, 0.4) is 0 Å². The Morgan fingerprint density at radius 1 is 1.05 bits per heavy atom. The average Bonchev–Trinajstić information content (AvgIpc) is 2.33. The summed E-state index contributed by atoms with van der Waals surface area (Å²) in [4.78, 5) is 0. The van der Waals surface area contributed by atoms with Gasteiger partial charge >= 0.3 is 0 Å². The minimum atomic E-state index is -1.52. The van der Waals surface area contributed by atoms with Crippen LogP contribution in [0, 0.1) is 5.41 Å². The third kappa shape index (κ3) is 3.31. The second kappa shape index (κ2) is 5.70. The molecular formula is C16H30O2Si. The standard InChI is InChI=1S/C16H30O2Si/c1-13-11-14(17-2)16(9-7-6-8-10-16)15(12-13)18-19(3,4)5/h14-15H,1,6-12H2,2-5H3. The maximum atomic E-state index is 6.57. The zero-order valence-electron chi connectivity index (χ0n) is 13.1. The molecule has 19 heavy (non-hydrogen) atoms. The van der Waals surface area contributed by atoms with Crippen molar-refractivity contribution >= 4 is 8.32 Å². The van der Waals surface area contributed by atoms with E-state index < -0.39 is 8.32 Å². The van der Waals surface area contributed by atoms with Gasteiger partial charge in [0.15, 0.2) is 8.32 Å². The Morgan fingerprint density at radius 3 is 2.16 bits per heavy atom. The van der Waals surface area contributed by atoms with E-state index in [1.54, 1.807) is 0 Å². The Labute approximate surface area is 119 Å². The molecule has 2 fully saturated rings. The van der Waals surface area contributed by atoms with Gasteiger partial charge < -0.3 is 9.16 Å². The SMILES string of the molecule is C=C1CC(OC)C2(CCCCC2)C(O[Si](C)(C)C)C1. The molecule has 0 aromatic heterocycles. The van der Waals surface area contributed by atoms with Crippen molar-refractivity contribution in [2.75, 3.05) is 7.11 Å². The van der Waals surface area contributed by atoms with Crippen molar-refractivity contribution in [1.29, 1.82) is 0 Å². The molecule has 3 heteroatoms. The van der Waals surface area contributed by atoms with E-state index in [2.05, 4.69) is 26.2 Å². The molecule has 2 atom stereocenters. The van der Waals surface area contributed by atoms with Gasteiger partial charge in [0.1, 0.15) is 0 Å². The predicted molar refractivity (Wildman–Crippen MR) is 82.9 cm³/mol. The van der Waals surface area contributed by atoms with Crippen molar-refractivity contribution < 1.29 is 9.16 Å². The first kappa shape index (κ1) is 15.3. The molecule has 0 aromatic rings. The van der Waals surface area contributed by atoms with Gasteiger partial charge in [0.2, 0.25) is 0 Å². The van der Waals surface area contributed by atoms with Crippen LogP contribution in [0.5, 0.6) is 0 Å². The van der Waals surface area contributed by atoms with Crippen LogP contribution >= 0.6 is 0 Å². The Balaban J connectivity index is 2.26. The molecule has 2 saturated carbocycles. The molecule has 0 radical (unpaired) electrons. The van der Waals surface area contributed by atoms with Crippen molar-refractivity contribution in [3.8, 4) is 0 Å². The van der Waals surface area contributed by atoms with E-state index >= 15 is 0 Å². The van der Waals surface area contributed by atoms with Crippen LogP contribution < -0.4 is 0 Å². The van der Waals surface area contributed by atoms with E-state index in [-0.39, 0.29) is 5.41 Å². The van der Waals surface area contributed by atoms with Gasteiger partial charge in [-0.2, -0.15) is 0 Å². The van der Waals surface area contributed by atoms with E-state index in [1.807, 2.05) is 7.11 Å². The summed E-state index contributed by atoms with van der Waals surface area (Å²) in [6, 6.07) is 0. The summed E-state index contributed by atoms with van der Waals surface area (Å²) in [6.45, 7) is 11.1. The maximum Gasteiger partial charge on any atom is 0.184 e. The smallest absolute Gasteiger partial charge is 0.184 e. The van der Waals surface area contributed by atoms with Crippen molar-refractivity contribution in [2.45, 2.75) is 76.8 Å². The zero-order chi connectivity index (χ0) is 14.1. The van der Waals surface area contributed by atoms with Gasteiger partial charge in [0.05, 0.1) is 12.2 Å². The molecule has 0 bridgehead atoms. The number of rotatable bonds is 3. The molecule has 0 N–H and O–H groups in total. The van der Waals surface area contributed by atoms with E-state index in [0.29, 0.717) is 12.2 Å². The van der Waals surface area contributed by atoms with Crippen LogP contribution in [-0.2, 0) is 9.16 Å². The van der Waals surface area contributed by atoms with Crippen LogP contribution in [0.25, 0.3) is 0 Å². The third-order valence-electron chi connectivity index (χ3n) is 4.80. The van der Waals surface area contributed by atoms with Crippen molar-refractivity contribution in [2.24, 2.45) is 5.41 Å². The highest BCUT2D eigenvalue weighted by Crippen LogP contribution is 2.51. The summed E-state index contributed by atoms with van der Waals surface area (Å²) < 4.78 is 12.4. The first-order chi connectivity index (χ1) is 8.87. The topological polar surface area (TPSA) is 18.5 Å².